The van der Waals surface area contributed by atoms with Gasteiger partial charge in [-0.3, -0.25) is 25.5 Å². The molecule has 0 bridgehead atoms. The van der Waals surface area contributed by atoms with E-state index in [2.05, 4.69) is 15.3 Å². The Labute approximate surface area is 116 Å². The van der Waals surface area contributed by atoms with Crippen molar-refractivity contribution >= 4 is 28.8 Å². The third-order valence-electron chi connectivity index (χ3n) is 2.55. The number of nitro benzene ring substituents is 1. The Morgan fingerprint density at radius 2 is 2.05 bits per heavy atom. The molecule has 1 rings (SSSR count). The first-order valence-electron chi connectivity index (χ1n) is 5.71. The smallest absolute Gasteiger partial charge is 0.292 e. The molecule has 8 nitrogen and oxygen atoms in total. The molecule has 1 aromatic rings. The number of hydrogen-bond acceptors (Lipinski definition) is 5. The largest absolute Gasteiger partial charge is 0.382 e. The molecule has 0 amide bonds. The number of aryl methyl sites for hydroxylation is 1. The van der Waals surface area contributed by atoms with E-state index in [0.29, 0.717) is 0 Å². The van der Waals surface area contributed by atoms with Gasteiger partial charge in [0.2, 0.25) is 0 Å². The summed E-state index contributed by atoms with van der Waals surface area (Å²) in [7, 11) is 2.94. The van der Waals surface area contributed by atoms with Gasteiger partial charge in [-0.1, -0.05) is 6.07 Å². The molecule has 106 valence electrons. The molecule has 8 heteroatoms. The molecule has 1 aromatic carbocycles. The lowest BCUT2D eigenvalue weighted by Crippen LogP contribution is -2.34. The number of anilines is 1. The van der Waals surface area contributed by atoms with Crippen molar-refractivity contribution in [2.24, 2.45) is 15.7 Å². The average molecular weight is 276 g/mol. The van der Waals surface area contributed by atoms with Crippen LogP contribution in [0.15, 0.2) is 28.2 Å². The molecular formula is C12H16N6O2. The normalized spacial score (nSPS) is 12.2. The zero-order valence-electron chi connectivity index (χ0n) is 11.5. The van der Waals surface area contributed by atoms with Gasteiger partial charge >= 0.3 is 0 Å². The van der Waals surface area contributed by atoms with E-state index in [1.165, 1.54) is 20.2 Å². The lowest BCUT2D eigenvalue weighted by atomic mass is 10.2. The van der Waals surface area contributed by atoms with Crippen LogP contribution >= 0.6 is 0 Å². The number of nitrogens with two attached hydrogens (primary N) is 1. The summed E-state index contributed by atoms with van der Waals surface area (Å²) in [5.74, 6) is -0.0652. The van der Waals surface area contributed by atoms with Gasteiger partial charge in [-0.2, -0.15) is 0 Å². The number of rotatable bonds is 4. The predicted molar refractivity (Wildman–Crippen MR) is 80.1 cm³/mol. The predicted octanol–water partition coefficient (Wildman–Crippen LogP) is 1.35. The summed E-state index contributed by atoms with van der Waals surface area (Å²) in [6.07, 6.45) is 0. The second kappa shape index (κ2) is 6.41. The van der Waals surface area contributed by atoms with E-state index in [0.717, 1.165) is 5.56 Å². The Morgan fingerprint density at radius 3 is 2.55 bits per heavy atom. The van der Waals surface area contributed by atoms with Crippen LogP contribution in [-0.2, 0) is 0 Å². The third kappa shape index (κ3) is 3.37. The summed E-state index contributed by atoms with van der Waals surface area (Å²) < 4.78 is 0. The Kier molecular flexibility index (Phi) is 4.90. The van der Waals surface area contributed by atoms with Gasteiger partial charge in [0.25, 0.3) is 5.69 Å². The highest BCUT2D eigenvalue weighted by Gasteiger charge is 2.17. The second-order valence-electron chi connectivity index (χ2n) is 3.96. The zero-order valence-corrected chi connectivity index (χ0v) is 11.5. The van der Waals surface area contributed by atoms with Crippen molar-refractivity contribution in [3.05, 3.63) is 33.9 Å². The van der Waals surface area contributed by atoms with Crippen LogP contribution in [0.4, 0.5) is 11.4 Å². The standard InChI is InChI=1S/C12H16N6O2/c1-7-4-5-9(18(19)20)8(6-7)17-12(14)10(15-2)11(13)16-3/h4-6H,1-3H3,(H2,13,16)(H2,14,17)/b15-10+. The fourth-order valence-electron chi connectivity index (χ4n) is 1.56. The van der Waals surface area contributed by atoms with E-state index in [1.807, 2.05) is 0 Å². The van der Waals surface area contributed by atoms with Crippen LogP contribution in [0.2, 0.25) is 0 Å². The van der Waals surface area contributed by atoms with Crippen molar-refractivity contribution in [3.63, 3.8) is 0 Å². The zero-order chi connectivity index (χ0) is 15.3. The van der Waals surface area contributed by atoms with Crippen LogP contribution < -0.4 is 11.1 Å². The van der Waals surface area contributed by atoms with E-state index in [1.54, 1.807) is 19.1 Å². The van der Waals surface area contributed by atoms with Gasteiger partial charge in [-0.05, 0) is 18.6 Å². The van der Waals surface area contributed by atoms with E-state index in [-0.39, 0.29) is 28.8 Å². The van der Waals surface area contributed by atoms with E-state index < -0.39 is 4.92 Å². The lowest BCUT2D eigenvalue weighted by molar-refractivity contribution is -0.383. The van der Waals surface area contributed by atoms with Gasteiger partial charge in [-0.15, -0.1) is 0 Å². The maximum Gasteiger partial charge on any atom is 0.292 e. The van der Waals surface area contributed by atoms with Gasteiger partial charge in [0, 0.05) is 20.2 Å². The summed E-state index contributed by atoms with van der Waals surface area (Å²) in [5, 5.41) is 21.5. The number of benzene rings is 1. The minimum atomic E-state index is -0.519. The van der Waals surface area contributed by atoms with Crippen LogP contribution in [0, 0.1) is 22.4 Å². The maximum atomic E-state index is 11.0. The second-order valence-corrected chi connectivity index (χ2v) is 3.96. The molecule has 0 saturated heterocycles. The molecular weight excluding hydrogens is 260 g/mol. The summed E-state index contributed by atoms with van der Waals surface area (Å²) in [6.45, 7) is 1.80. The molecule has 0 fully saturated rings. The highest BCUT2D eigenvalue weighted by atomic mass is 16.6. The number of aliphatic imine (C=N–C) groups is 2. The SMILES string of the molecule is C/N=C(C(=N)Nc1cc(C)ccc1[N+](=O)[O-])\C(N)=N/C. The number of nitrogens with one attached hydrogen (secondary N) is 2. The van der Waals surface area contributed by atoms with Crippen molar-refractivity contribution in [2.75, 3.05) is 19.4 Å². The Balaban J connectivity index is 3.13. The van der Waals surface area contributed by atoms with Crippen molar-refractivity contribution in [2.45, 2.75) is 6.92 Å². The van der Waals surface area contributed by atoms with Crippen molar-refractivity contribution < 1.29 is 4.92 Å². The van der Waals surface area contributed by atoms with Gasteiger partial charge in [0.1, 0.15) is 17.2 Å². The van der Waals surface area contributed by atoms with Gasteiger partial charge < -0.3 is 11.1 Å². The fourth-order valence-corrected chi connectivity index (χ4v) is 1.56. The van der Waals surface area contributed by atoms with Gasteiger partial charge in [0.05, 0.1) is 4.92 Å². The number of hydrogen-bond donors (Lipinski definition) is 3. The molecule has 0 aliphatic carbocycles. The highest BCUT2D eigenvalue weighted by molar-refractivity contribution is 6.68. The molecule has 0 aliphatic rings. The molecule has 4 N–H and O–H groups in total. The van der Waals surface area contributed by atoms with Crippen molar-refractivity contribution in [1.29, 1.82) is 5.41 Å². The first-order valence-corrected chi connectivity index (χ1v) is 5.71. The van der Waals surface area contributed by atoms with E-state index >= 15 is 0 Å². The molecule has 0 spiro atoms. The highest BCUT2D eigenvalue weighted by Crippen LogP contribution is 2.25. The Morgan fingerprint density at radius 1 is 1.40 bits per heavy atom. The first-order chi connectivity index (χ1) is 9.40. The van der Waals surface area contributed by atoms with Crippen LogP contribution in [0.25, 0.3) is 0 Å². The molecule has 0 unspecified atom stereocenters. The summed E-state index contributed by atoms with van der Waals surface area (Å²) in [6, 6.07) is 4.59. The topological polar surface area (TPSA) is 130 Å². The summed E-state index contributed by atoms with van der Waals surface area (Å²) in [4.78, 5) is 18.0. The van der Waals surface area contributed by atoms with Crippen LogP contribution in [-0.4, -0.2) is 36.4 Å². The summed E-state index contributed by atoms with van der Waals surface area (Å²) >= 11 is 0. The van der Waals surface area contributed by atoms with Crippen LogP contribution in [0.3, 0.4) is 0 Å². The molecule has 0 aliphatic heterocycles. The van der Waals surface area contributed by atoms with E-state index in [4.69, 9.17) is 11.1 Å². The quantitative estimate of drug-likeness (QED) is 0.331. The average Bonchev–Trinajstić information content (AvgIpc) is 2.38. The maximum absolute atomic E-state index is 11.0. The summed E-state index contributed by atoms with van der Waals surface area (Å²) in [5.41, 5.74) is 6.68. The molecule has 0 heterocycles. The minimum absolute atomic E-state index is 0.0836. The molecule has 0 saturated carbocycles. The van der Waals surface area contributed by atoms with Crippen LogP contribution in [0.1, 0.15) is 5.56 Å². The molecule has 0 aromatic heterocycles. The van der Waals surface area contributed by atoms with Crippen LogP contribution in [0.5, 0.6) is 0 Å². The fraction of sp³-hybridized carbons (Fsp3) is 0.250. The van der Waals surface area contributed by atoms with Gasteiger partial charge in [-0.25, -0.2) is 0 Å². The number of nitrogens with zero attached hydrogens (tertiary/aromatic N) is 3. The monoisotopic (exact) mass is 276 g/mol. The van der Waals surface area contributed by atoms with E-state index in [9.17, 15) is 10.1 Å². The van der Waals surface area contributed by atoms with Crippen molar-refractivity contribution in [3.8, 4) is 0 Å². The van der Waals surface area contributed by atoms with Crippen molar-refractivity contribution in [1.82, 2.24) is 0 Å². The lowest BCUT2D eigenvalue weighted by Gasteiger charge is -2.10. The molecule has 0 atom stereocenters. The third-order valence-corrected chi connectivity index (χ3v) is 2.55. The molecule has 0 radical (unpaired) electrons. The number of amidine groups is 2. The van der Waals surface area contributed by atoms with Gasteiger partial charge in [0.15, 0.2) is 5.84 Å². The first kappa shape index (κ1) is 15.3. The number of nitro groups is 1. The molecule has 20 heavy (non-hydrogen) atoms. The Hall–Kier alpha value is -2.77. The minimum Gasteiger partial charge on any atom is -0.382 e. The Bertz CT molecular complexity index is 606.